The Labute approximate surface area is 112 Å². The van der Waals surface area contributed by atoms with Crippen LogP contribution < -0.4 is 9.47 Å². The highest BCUT2D eigenvalue weighted by molar-refractivity contribution is 6.11. The van der Waals surface area contributed by atoms with Crippen molar-refractivity contribution in [2.45, 2.75) is 6.92 Å². The van der Waals surface area contributed by atoms with Gasteiger partial charge >= 0.3 is 0 Å². The summed E-state index contributed by atoms with van der Waals surface area (Å²) < 4.78 is 10.4. The van der Waals surface area contributed by atoms with Crippen LogP contribution in [0.15, 0.2) is 42.5 Å². The molecule has 0 bridgehead atoms. The minimum absolute atomic E-state index is 0.0734. The van der Waals surface area contributed by atoms with Crippen molar-refractivity contribution in [3.8, 4) is 11.5 Å². The standard InChI is InChI=1S/C16H16O3/c1-11-4-6-12(7-5-11)16(17)14-10-13(18-2)8-9-15(14)19-3/h4-10H,1-3H3. The maximum atomic E-state index is 12.5. The molecule has 0 aliphatic rings. The SMILES string of the molecule is COc1ccc(OC)c(C(=O)c2ccc(C)cc2)c1. The third-order valence-electron chi connectivity index (χ3n) is 2.97. The number of hydrogen-bond acceptors (Lipinski definition) is 3. The van der Waals surface area contributed by atoms with E-state index in [1.807, 2.05) is 31.2 Å². The van der Waals surface area contributed by atoms with Crippen LogP contribution in [0.4, 0.5) is 0 Å². The van der Waals surface area contributed by atoms with Gasteiger partial charge in [-0.05, 0) is 25.1 Å². The van der Waals surface area contributed by atoms with E-state index < -0.39 is 0 Å². The smallest absolute Gasteiger partial charge is 0.196 e. The molecule has 0 amide bonds. The average molecular weight is 256 g/mol. The topological polar surface area (TPSA) is 35.5 Å². The first kappa shape index (κ1) is 13.1. The van der Waals surface area contributed by atoms with Gasteiger partial charge in [-0.1, -0.05) is 29.8 Å². The van der Waals surface area contributed by atoms with Crippen LogP contribution in [0, 0.1) is 6.92 Å². The van der Waals surface area contributed by atoms with Crippen molar-refractivity contribution < 1.29 is 14.3 Å². The van der Waals surface area contributed by atoms with Crippen LogP contribution in [0.25, 0.3) is 0 Å². The van der Waals surface area contributed by atoms with Gasteiger partial charge in [-0.25, -0.2) is 0 Å². The fourth-order valence-electron chi connectivity index (χ4n) is 1.85. The summed E-state index contributed by atoms with van der Waals surface area (Å²) in [6.45, 7) is 1.99. The van der Waals surface area contributed by atoms with Gasteiger partial charge < -0.3 is 9.47 Å². The molecular formula is C16H16O3. The number of ketones is 1. The van der Waals surface area contributed by atoms with Crippen LogP contribution in [0.2, 0.25) is 0 Å². The van der Waals surface area contributed by atoms with Crippen LogP contribution in [-0.4, -0.2) is 20.0 Å². The van der Waals surface area contributed by atoms with Crippen LogP contribution >= 0.6 is 0 Å². The second kappa shape index (κ2) is 5.57. The fraction of sp³-hybridized carbons (Fsp3) is 0.188. The highest BCUT2D eigenvalue weighted by Crippen LogP contribution is 2.26. The van der Waals surface area contributed by atoms with Crippen molar-refractivity contribution in [1.29, 1.82) is 0 Å². The number of ether oxygens (including phenoxy) is 2. The zero-order valence-corrected chi connectivity index (χ0v) is 11.3. The molecule has 0 aromatic heterocycles. The third-order valence-corrected chi connectivity index (χ3v) is 2.97. The highest BCUT2D eigenvalue weighted by atomic mass is 16.5. The molecule has 0 saturated heterocycles. The van der Waals surface area contributed by atoms with E-state index in [0.29, 0.717) is 22.6 Å². The van der Waals surface area contributed by atoms with Crippen molar-refractivity contribution in [3.05, 3.63) is 59.2 Å². The average Bonchev–Trinajstić information content (AvgIpc) is 2.46. The lowest BCUT2D eigenvalue weighted by Crippen LogP contribution is -2.04. The Morgan fingerprint density at radius 2 is 1.63 bits per heavy atom. The molecule has 0 N–H and O–H groups in total. The van der Waals surface area contributed by atoms with Crippen molar-refractivity contribution in [3.63, 3.8) is 0 Å². The Kier molecular flexibility index (Phi) is 3.85. The van der Waals surface area contributed by atoms with Crippen LogP contribution in [-0.2, 0) is 0 Å². The van der Waals surface area contributed by atoms with Crippen LogP contribution in [0.3, 0.4) is 0 Å². The number of rotatable bonds is 4. The van der Waals surface area contributed by atoms with Gasteiger partial charge in [-0.3, -0.25) is 4.79 Å². The quantitative estimate of drug-likeness (QED) is 0.788. The summed E-state index contributed by atoms with van der Waals surface area (Å²) in [4.78, 5) is 12.5. The summed E-state index contributed by atoms with van der Waals surface area (Å²) in [5, 5.41) is 0. The molecule has 0 atom stereocenters. The Morgan fingerprint density at radius 1 is 0.947 bits per heavy atom. The molecule has 2 aromatic rings. The Morgan fingerprint density at radius 3 is 2.21 bits per heavy atom. The Hall–Kier alpha value is -2.29. The number of hydrogen-bond donors (Lipinski definition) is 0. The second-order valence-corrected chi connectivity index (χ2v) is 4.26. The van der Waals surface area contributed by atoms with Gasteiger partial charge in [0.15, 0.2) is 5.78 Å². The molecular weight excluding hydrogens is 240 g/mol. The van der Waals surface area contributed by atoms with E-state index in [1.54, 1.807) is 32.4 Å². The highest BCUT2D eigenvalue weighted by Gasteiger charge is 2.15. The van der Waals surface area contributed by atoms with E-state index in [0.717, 1.165) is 5.56 Å². The molecule has 0 saturated carbocycles. The van der Waals surface area contributed by atoms with Gasteiger partial charge in [-0.2, -0.15) is 0 Å². The van der Waals surface area contributed by atoms with Gasteiger partial charge in [-0.15, -0.1) is 0 Å². The summed E-state index contributed by atoms with van der Waals surface area (Å²) >= 11 is 0. The van der Waals surface area contributed by atoms with Crippen molar-refractivity contribution in [1.82, 2.24) is 0 Å². The summed E-state index contributed by atoms with van der Waals surface area (Å²) in [7, 11) is 3.12. The first-order chi connectivity index (χ1) is 9.15. The number of benzene rings is 2. The molecule has 0 spiro atoms. The van der Waals surface area contributed by atoms with E-state index in [1.165, 1.54) is 0 Å². The zero-order valence-electron chi connectivity index (χ0n) is 11.3. The lowest BCUT2D eigenvalue weighted by Gasteiger charge is -2.09. The summed E-state index contributed by atoms with van der Waals surface area (Å²) in [5.41, 5.74) is 2.26. The maximum absolute atomic E-state index is 12.5. The van der Waals surface area contributed by atoms with Gasteiger partial charge in [0, 0.05) is 5.56 Å². The normalized spacial score (nSPS) is 10.1. The molecule has 3 heteroatoms. The van der Waals surface area contributed by atoms with E-state index in [4.69, 9.17) is 9.47 Å². The maximum Gasteiger partial charge on any atom is 0.196 e. The number of methoxy groups -OCH3 is 2. The first-order valence-electron chi connectivity index (χ1n) is 5.99. The molecule has 2 aromatic carbocycles. The molecule has 3 nitrogen and oxygen atoms in total. The number of aryl methyl sites for hydroxylation is 1. The Balaban J connectivity index is 2.44. The Bertz CT molecular complexity index is 585. The van der Waals surface area contributed by atoms with E-state index in [2.05, 4.69) is 0 Å². The largest absolute Gasteiger partial charge is 0.497 e. The lowest BCUT2D eigenvalue weighted by molar-refractivity contribution is 0.103. The molecule has 19 heavy (non-hydrogen) atoms. The monoisotopic (exact) mass is 256 g/mol. The molecule has 0 radical (unpaired) electrons. The minimum Gasteiger partial charge on any atom is -0.497 e. The van der Waals surface area contributed by atoms with E-state index in [9.17, 15) is 4.79 Å². The third kappa shape index (κ3) is 2.76. The first-order valence-corrected chi connectivity index (χ1v) is 5.99. The molecule has 0 aliphatic heterocycles. The van der Waals surface area contributed by atoms with Crippen molar-refractivity contribution >= 4 is 5.78 Å². The van der Waals surface area contributed by atoms with Crippen molar-refractivity contribution in [2.24, 2.45) is 0 Å². The van der Waals surface area contributed by atoms with Gasteiger partial charge in [0.25, 0.3) is 0 Å². The van der Waals surface area contributed by atoms with E-state index >= 15 is 0 Å². The molecule has 2 rings (SSSR count). The fourth-order valence-corrected chi connectivity index (χ4v) is 1.85. The van der Waals surface area contributed by atoms with E-state index in [-0.39, 0.29) is 5.78 Å². The van der Waals surface area contributed by atoms with Crippen LogP contribution in [0.5, 0.6) is 11.5 Å². The predicted octanol–water partition coefficient (Wildman–Crippen LogP) is 3.24. The molecule has 0 heterocycles. The van der Waals surface area contributed by atoms with Gasteiger partial charge in [0.2, 0.25) is 0 Å². The zero-order chi connectivity index (χ0) is 13.8. The second-order valence-electron chi connectivity index (χ2n) is 4.26. The van der Waals surface area contributed by atoms with Crippen LogP contribution in [0.1, 0.15) is 21.5 Å². The van der Waals surface area contributed by atoms with Gasteiger partial charge in [0.1, 0.15) is 11.5 Å². The van der Waals surface area contributed by atoms with Crippen molar-refractivity contribution in [2.75, 3.05) is 14.2 Å². The summed E-state index contributed by atoms with van der Waals surface area (Å²) in [5.74, 6) is 1.11. The molecule has 0 unspecified atom stereocenters. The minimum atomic E-state index is -0.0734. The van der Waals surface area contributed by atoms with Gasteiger partial charge in [0.05, 0.1) is 19.8 Å². The number of carbonyl (C=O) groups excluding carboxylic acids is 1. The molecule has 98 valence electrons. The molecule has 0 fully saturated rings. The predicted molar refractivity (Wildman–Crippen MR) is 74.2 cm³/mol. The number of carbonyl (C=O) groups is 1. The lowest BCUT2D eigenvalue weighted by atomic mass is 10.0. The summed E-state index contributed by atoms with van der Waals surface area (Å²) in [6, 6.07) is 12.7. The molecule has 0 aliphatic carbocycles. The summed E-state index contributed by atoms with van der Waals surface area (Å²) in [6.07, 6.45) is 0.